The van der Waals surface area contributed by atoms with Gasteiger partial charge in [-0.2, -0.15) is 0 Å². The SMILES string of the molecule is C.C/C=C\C1=C(C(=O)[O-])N2C(=O)C(NC(=O)Cc3ccccc3)C2SC1. The van der Waals surface area contributed by atoms with Gasteiger partial charge in [-0.15, -0.1) is 11.8 Å². The fourth-order valence-electron chi connectivity index (χ4n) is 2.97. The number of amides is 2. The monoisotopic (exact) mass is 373 g/mol. The van der Waals surface area contributed by atoms with Gasteiger partial charge in [0.1, 0.15) is 11.4 Å². The van der Waals surface area contributed by atoms with Crippen LogP contribution >= 0.6 is 11.8 Å². The third-order valence-electron chi connectivity index (χ3n) is 4.08. The molecule has 1 aromatic rings. The summed E-state index contributed by atoms with van der Waals surface area (Å²) >= 11 is 1.43. The Bertz CT molecular complexity index is 773. The second-order valence-corrected chi connectivity index (χ2v) is 6.88. The Morgan fingerprint density at radius 2 is 2.04 bits per heavy atom. The van der Waals surface area contributed by atoms with Gasteiger partial charge >= 0.3 is 0 Å². The molecule has 0 aliphatic carbocycles. The van der Waals surface area contributed by atoms with E-state index in [9.17, 15) is 19.5 Å². The molecule has 138 valence electrons. The van der Waals surface area contributed by atoms with Crippen molar-refractivity contribution in [1.82, 2.24) is 10.2 Å². The van der Waals surface area contributed by atoms with Crippen LogP contribution < -0.4 is 10.4 Å². The minimum atomic E-state index is -1.37. The molecule has 3 rings (SSSR count). The van der Waals surface area contributed by atoms with Gasteiger partial charge in [0.15, 0.2) is 0 Å². The standard InChI is InChI=1S/C18H18N2O4S.CH4/c1-2-6-12-10-25-17-14(16(22)20(17)15(12)18(23)24)19-13(21)9-11-7-4-3-5-8-11;/h2-8,14,17H,9-10H2,1H3,(H,19,21)(H,23,24);1H4/p-1/b6-2-;. The van der Waals surface area contributed by atoms with Crippen molar-refractivity contribution in [2.24, 2.45) is 0 Å². The molecule has 1 aromatic carbocycles. The van der Waals surface area contributed by atoms with E-state index in [1.165, 1.54) is 16.7 Å². The zero-order valence-corrected chi connectivity index (χ0v) is 14.4. The average Bonchev–Trinajstić information content (AvgIpc) is 2.60. The van der Waals surface area contributed by atoms with Crippen molar-refractivity contribution in [1.29, 1.82) is 0 Å². The van der Waals surface area contributed by atoms with Crippen LogP contribution in [0.15, 0.2) is 53.8 Å². The van der Waals surface area contributed by atoms with Crippen LogP contribution in [0.4, 0.5) is 0 Å². The third kappa shape index (κ3) is 3.67. The quantitative estimate of drug-likeness (QED) is 0.773. The number of β-lactam (4-membered cyclic amide) rings is 1. The van der Waals surface area contributed by atoms with Crippen LogP contribution in [0.2, 0.25) is 0 Å². The number of allylic oxidation sites excluding steroid dienone is 2. The number of rotatable bonds is 5. The van der Waals surface area contributed by atoms with Crippen LogP contribution in [0.5, 0.6) is 0 Å². The Labute approximate surface area is 157 Å². The highest BCUT2D eigenvalue weighted by molar-refractivity contribution is 8.00. The number of nitrogens with zero attached hydrogens (tertiary/aromatic N) is 1. The molecule has 0 saturated carbocycles. The van der Waals surface area contributed by atoms with Crippen molar-refractivity contribution in [2.45, 2.75) is 32.2 Å². The van der Waals surface area contributed by atoms with Crippen LogP contribution in [0.25, 0.3) is 0 Å². The minimum Gasteiger partial charge on any atom is -0.543 e. The lowest BCUT2D eigenvalue weighted by Gasteiger charge is -2.50. The highest BCUT2D eigenvalue weighted by Crippen LogP contribution is 2.40. The Hall–Kier alpha value is -2.54. The summed E-state index contributed by atoms with van der Waals surface area (Å²) in [6.45, 7) is 1.78. The Balaban J connectivity index is 0.00000243. The van der Waals surface area contributed by atoms with Crippen molar-refractivity contribution in [3.8, 4) is 0 Å². The van der Waals surface area contributed by atoms with Crippen molar-refractivity contribution in [2.75, 3.05) is 5.75 Å². The van der Waals surface area contributed by atoms with Crippen LogP contribution in [0.1, 0.15) is 19.9 Å². The Kier molecular flexibility index (Phi) is 6.26. The van der Waals surface area contributed by atoms with Gasteiger partial charge in [0, 0.05) is 5.75 Å². The first kappa shape index (κ1) is 19.8. The molecule has 0 radical (unpaired) electrons. The average molecular weight is 373 g/mol. The summed E-state index contributed by atoms with van der Waals surface area (Å²) in [5.41, 5.74) is 1.30. The first-order valence-electron chi connectivity index (χ1n) is 7.88. The molecule has 1 N–H and O–H groups in total. The van der Waals surface area contributed by atoms with Crippen molar-refractivity contribution < 1.29 is 19.5 Å². The van der Waals surface area contributed by atoms with E-state index in [1.54, 1.807) is 19.1 Å². The minimum absolute atomic E-state index is 0. The van der Waals surface area contributed by atoms with E-state index in [0.717, 1.165) is 5.56 Å². The highest BCUT2D eigenvalue weighted by Gasteiger charge is 2.52. The van der Waals surface area contributed by atoms with Gasteiger partial charge in [0.2, 0.25) is 5.91 Å². The van der Waals surface area contributed by atoms with Gasteiger partial charge in [-0.05, 0) is 18.1 Å². The Morgan fingerprint density at radius 3 is 2.65 bits per heavy atom. The number of aliphatic carboxylic acids is 1. The molecule has 7 heteroatoms. The van der Waals surface area contributed by atoms with E-state index in [0.29, 0.717) is 11.3 Å². The predicted octanol–water partition coefficient (Wildman–Crippen LogP) is 0.845. The van der Waals surface area contributed by atoms with E-state index in [1.807, 2.05) is 30.3 Å². The molecule has 1 fully saturated rings. The number of hydrogen-bond acceptors (Lipinski definition) is 5. The molecule has 2 heterocycles. The summed E-state index contributed by atoms with van der Waals surface area (Å²) in [4.78, 5) is 37.2. The highest BCUT2D eigenvalue weighted by atomic mass is 32.2. The number of nitrogens with one attached hydrogen (secondary N) is 1. The topological polar surface area (TPSA) is 89.5 Å². The lowest BCUT2D eigenvalue weighted by atomic mass is 10.0. The second kappa shape index (κ2) is 8.23. The normalized spacial score (nSPS) is 21.7. The van der Waals surface area contributed by atoms with Crippen molar-refractivity contribution in [3.05, 3.63) is 59.3 Å². The Morgan fingerprint density at radius 1 is 1.35 bits per heavy atom. The summed E-state index contributed by atoms with van der Waals surface area (Å²) in [6, 6.07) is 8.52. The van der Waals surface area contributed by atoms with Gasteiger partial charge in [-0.1, -0.05) is 49.9 Å². The molecule has 0 spiro atoms. The lowest BCUT2D eigenvalue weighted by Crippen LogP contribution is -2.71. The predicted molar refractivity (Wildman–Crippen MR) is 98.7 cm³/mol. The second-order valence-electron chi connectivity index (χ2n) is 5.78. The molecule has 2 aliphatic rings. The van der Waals surface area contributed by atoms with E-state index in [4.69, 9.17) is 0 Å². The fourth-order valence-corrected chi connectivity index (χ4v) is 4.29. The number of carboxylic acid groups (broad SMARTS) is 1. The van der Waals surface area contributed by atoms with Crippen LogP contribution in [-0.4, -0.2) is 39.9 Å². The summed E-state index contributed by atoms with van der Waals surface area (Å²) < 4.78 is 0. The van der Waals surface area contributed by atoms with Crippen molar-refractivity contribution >= 4 is 29.5 Å². The van der Waals surface area contributed by atoms with Gasteiger partial charge in [-0.25, -0.2) is 0 Å². The van der Waals surface area contributed by atoms with Crippen molar-refractivity contribution in [3.63, 3.8) is 0 Å². The molecule has 2 amide bonds. The third-order valence-corrected chi connectivity index (χ3v) is 5.39. The number of benzene rings is 1. The van der Waals surface area contributed by atoms with Crippen LogP contribution in [-0.2, 0) is 20.8 Å². The van der Waals surface area contributed by atoms with Crippen LogP contribution in [0, 0.1) is 0 Å². The molecule has 26 heavy (non-hydrogen) atoms. The maximum absolute atomic E-state index is 12.4. The number of fused-ring (bicyclic) bond motifs is 1. The van der Waals surface area contributed by atoms with Gasteiger partial charge < -0.3 is 15.2 Å². The first-order chi connectivity index (χ1) is 12.0. The summed E-state index contributed by atoms with van der Waals surface area (Å²) in [5.74, 6) is -1.60. The number of hydrogen-bond donors (Lipinski definition) is 1. The zero-order chi connectivity index (χ0) is 18.0. The molecule has 0 aromatic heterocycles. The fraction of sp³-hybridized carbons (Fsp3) is 0.316. The maximum Gasteiger partial charge on any atom is 0.253 e. The summed E-state index contributed by atoms with van der Waals surface area (Å²) in [5, 5.41) is 13.8. The summed E-state index contributed by atoms with van der Waals surface area (Å²) in [7, 11) is 0. The molecule has 6 nitrogen and oxygen atoms in total. The number of carboxylic acids is 1. The first-order valence-corrected chi connectivity index (χ1v) is 8.93. The molecule has 2 unspecified atom stereocenters. The van der Waals surface area contributed by atoms with Gasteiger partial charge in [-0.3, -0.25) is 14.5 Å². The molecule has 1 saturated heterocycles. The van der Waals surface area contributed by atoms with E-state index >= 15 is 0 Å². The molecule has 2 atom stereocenters. The smallest absolute Gasteiger partial charge is 0.253 e. The maximum atomic E-state index is 12.4. The van der Waals surface area contributed by atoms with Gasteiger partial charge in [0.25, 0.3) is 5.91 Å². The van der Waals surface area contributed by atoms with E-state index < -0.39 is 23.3 Å². The number of thioether (sulfide) groups is 1. The zero-order valence-electron chi connectivity index (χ0n) is 13.6. The lowest BCUT2D eigenvalue weighted by molar-refractivity contribution is -0.301. The van der Waals surface area contributed by atoms with Gasteiger partial charge in [0.05, 0.1) is 18.1 Å². The molecule has 0 bridgehead atoms. The van der Waals surface area contributed by atoms with E-state index in [-0.39, 0.29) is 25.5 Å². The molecular formula is C19H21N2O4S-. The molecular weight excluding hydrogens is 352 g/mol. The largest absolute Gasteiger partial charge is 0.543 e. The molecule has 2 aliphatic heterocycles. The number of carbonyl (C=O) groups is 3. The van der Waals surface area contributed by atoms with E-state index in [2.05, 4.69) is 5.32 Å². The number of carbonyl (C=O) groups excluding carboxylic acids is 3. The summed E-state index contributed by atoms with van der Waals surface area (Å²) in [6.07, 6.45) is 3.57. The van der Waals surface area contributed by atoms with Crippen LogP contribution in [0.3, 0.4) is 0 Å².